The van der Waals surface area contributed by atoms with Crippen LogP contribution in [0.15, 0.2) is 58.1 Å². The van der Waals surface area contributed by atoms with Crippen LogP contribution in [0.1, 0.15) is 5.56 Å². The summed E-state index contributed by atoms with van der Waals surface area (Å²) in [6.07, 6.45) is 0. The third kappa shape index (κ3) is 2.83. The first-order valence-corrected chi connectivity index (χ1v) is 9.79. The highest BCUT2D eigenvalue weighted by molar-refractivity contribution is 6.30. The lowest BCUT2D eigenvalue weighted by molar-refractivity contribution is 0.628. The summed E-state index contributed by atoms with van der Waals surface area (Å²) in [5.74, 6) is 0.242. The summed E-state index contributed by atoms with van der Waals surface area (Å²) < 4.78 is 17.7. The number of aryl methyl sites for hydroxylation is 1. The predicted octanol–water partition coefficient (Wildman–Crippen LogP) is 2.89. The van der Waals surface area contributed by atoms with Crippen LogP contribution < -0.4 is 16.1 Å². The lowest BCUT2D eigenvalue weighted by Crippen LogP contribution is -2.40. The largest absolute Gasteiger partial charge is 0.332 e. The average molecular weight is 426 g/mol. The maximum absolute atomic E-state index is 13.3. The molecule has 4 aromatic rings. The van der Waals surface area contributed by atoms with Crippen LogP contribution in [0, 0.1) is 5.82 Å². The van der Waals surface area contributed by atoms with E-state index in [1.807, 2.05) is 9.47 Å². The monoisotopic (exact) mass is 425 g/mol. The van der Waals surface area contributed by atoms with Gasteiger partial charge in [0, 0.05) is 30.8 Å². The van der Waals surface area contributed by atoms with E-state index in [1.165, 1.54) is 21.3 Å². The fraction of sp³-hybridized carbons (Fsp3) is 0.190. The van der Waals surface area contributed by atoms with Crippen molar-refractivity contribution in [3.05, 3.63) is 85.8 Å². The van der Waals surface area contributed by atoms with Crippen LogP contribution >= 0.6 is 11.6 Å². The summed E-state index contributed by atoms with van der Waals surface area (Å²) >= 11 is 5.93. The topological polar surface area (TPSA) is 65.1 Å². The van der Waals surface area contributed by atoms with Crippen molar-refractivity contribution in [1.29, 1.82) is 0 Å². The Hall–Kier alpha value is -3.39. The fourth-order valence-corrected chi connectivity index (χ4v) is 3.98. The Morgan fingerprint density at radius 3 is 2.43 bits per heavy atom. The van der Waals surface area contributed by atoms with Gasteiger partial charge in [0.25, 0.3) is 5.56 Å². The molecule has 0 aliphatic carbocycles. The second-order valence-electron chi connectivity index (χ2n) is 7.22. The molecular formula is C21H17ClFN5O2. The van der Waals surface area contributed by atoms with Crippen LogP contribution in [-0.4, -0.2) is 25.2 Å². The first-order chi connectivity index (χ1) is 14.4. The van der Waals surface area contributed by atoms with Gasteiger partial charge in [-0.3, -0.25) is 13.9 Å². The SMILES string of the molecule is Cn1c(=O)n(Cc2ccc(Cl)cc2)c(=O)c2c1nc1n2CCN1c1ccc(F)cc1. The molecule has 0 N–H and O–H groups in total. The van der Waals surface area contributed by atoms with Crippen molar-refractivity contribution in [2.75, 3.05) is 11.4 Å². The van der Waals surface area contributed by atoms with Crippen molar-refractivity contribution >= 4 is 34.4 Å². The molecule has 0 bridgehead atoms. The van der Waals surface area contributed by atoms with Crippen LogP contribution in [0.3, 0.4) is 0 Å². The van der Waals surface area contributed by atoms with E-state index in [0.717, 1.165) is 11.3 Å². The molecule has 9 heteroatoms. The minimum Gasteiger partial charge on any atom is -0.310 e. The molecule has 0 saturated heterocycles. The van der Waals surface area contributed by atoms with Gasteiger partial charge < -0.3 is 9.47 Å². The molecule has 0 amide bonds. The summed E-state index contributed by atoms with van der Waals surface area (Å²) in [5.41, 5.74) is 1.46. The Morgan fingerprint density at radius 1 is 1.03 bits per heavy atom. The maximum atomic E-state index is 13.3. The first-order valence-electron chi connectivity index (χ1n) is 9.41. The summed E-state index contributed by atoms with van der Waals surface area (Å²) in [6.45, 7) is 1.28. The third-order valence-corrected chi connectivity index (χ3v) is 5.65. The van der Waals surface area contributed by atoms with Crippen molar-refractivity contribution in [2.45, 2.75) is 13.1 Å². The first kappa shape index (κ1) is 18.6. The zero-order valence-electron chi connectivity index (χ0n) is 16.0. The van der Waals surface area contributed by atoms with E-state index in [4.69, 9.17) is 11.6 Å². The van der Waals surface area contributed by atoms with E-state index in [1.54, 1.807) is 43.4 Å². The van der Waals surface area contributed by atoms with Crippen molar-refractivity contribution in [3.8, 4) is 0 Å². The molecule has 30 heavy (non-hydrogen) atoms. The fourth-order valence-electron chi connectivity index (χ4n) is 3.86. The van der Waals surface area contributed by atoms with Crippen molar-refractivity contribution < 1.29 is 4.39 Å². The van der Waals surface area contributed by atoms with Crippen LogP contribution in [0.4, 0.5) is 16.0 Å². The quantitative estimate of drug-likeness (QED) is 0.506. The molecule has 3 heterocycles. The van der Waals surface area contributed by atoms with E-state index in [0.29, 0.717) is 35.2 Å². The standard InChI is InChI=1S/C21H17ClFN5O2/c1-25-18-17(19(29)28(21(25)30)12-13-2-4-14(22)5-3-13)27-11-10-26(20(27)24-18)16-8-6-15(23)7-9-16/h2-9H,10-12H2,1H3. The molecule has 0 unspecified atom stereocenters. The van der Waals surface area contributed by atoms with E-state index in [-0.39, 0.29) is 17.9 Å². The summed E-state index contributed by atoms with van der Waals surface area (Å²) in [5, 5.41) is 0.587. The molecule has 7 nitrogen and oxygen atoms in total. The highest BCUT2D eigenvalue weighted by Gasteiger charge is 2.28. The molecule has 0 radical (unpaired) electrons. The maximum Gasteiger partial charge on any atom is 0.332 e. The molecule has 2 aromatic carbocycles. The molecule has 0 saturated carbocycles. The minimum atomic E-state index is -0.437. The summed E-state index contributed by atoms with van der Waals surface area (Å²) in [6, 6.07) is 13.1. The highest BCUT2D eigenvalue weighted by Crippen LogP contribution is 2.31. The van der Waals surface area contributed by atoms with Gasteiger partial charge in [-0.25, -0.2) is 9.18 Å². The van der Waals surface area contributed by atoms with Gasteiger partial charge in [-0.2, -0.15) is 4.98 Å². The van der Waals surface area contributed by atoms with Crippen LogP contribution in [-0.2, 0) is 20.1 Å². The second-order valence-corrected chi connectivity index (χ2v) is 7.66. The Balaban J connectivity index is 1.66. The number of rotatable bonds is 3. The predicted molar refractivity (Wildman–Crippen MR) is 113 cm³/mol. The zero-order chi connectivity index (χ0) is 21.0. The number of aromatic nitrogens is 4. The molecule has 1 aliphatic heterocycles. The smallest absolute Gasteiger partial charge is 0.310 e. The molecule has 1 aliphatic rings. The van der Waals surface area contributed by atoms with E-state index < -0.39 is 5.69 Å². The number of benzene rings is 2. The molecule has 5 rings (SSSR count). The molecular weight excluding hydrogens is 409 g/mol. The van der Waals surface area contributed by atoms with E-state index >= 15 is 0 Å². The Morgan fingerprint density at radius 2 is 1.73 bits per heavy atom. The number of halogens is 2. The lowest BCUT2D eigenvalue weighted by atomic mass is 10.2. The Kier molecular flexibility index (Phi) is 4.25. The van der Waals surface area contributed by atoms with Crippen LogP contribution in [0.25, 0.3) is 11.2 Å². The van der Waals surface area contributed by atoms with Crippen LogP contribution in [0.5, 0.6) is 0 Å². The second kappa shape index (κ2) is 6.84. The van der Waals surface area contributed by atoms with E-state index in [9.17, 15) is 14.0 Å². The number of nitrogens with zero attached hydrogens (tertiary/aromatic N) is 5. The molecule has 0 spiro atoms. The average Bonchev–Trinajstić information content (AvgIpc) is 3.31. The van der Waals surface area contributed by atoms with Crippen LogP contribution in [0.2, 0.25) is 5.02 Å². The Bertz CT molecular complexity index is 1390. The third-order valence-electron chi connectivity index (χ3n) is 5.39. The van der Waals surface area contributed by atoms with Gasteiger partial charge >= 0.3 is 5.69 Å². The molecule has 2 aromatic heterocycles. The zero-order valence-corrected chi connectivity index (χ0v) is 16.8. The van der Waals surface area contributed by atoms with Gasteiger partial charge in [-0.15, -0.1) is 0 Å². The van der Waals surface area contributed by atoms with Gasteiger partial charge in [0.2, 0.25) is 5.95 Å². The number of fused-ring (bicyclic) bond motifs is 3. The molecule has 0 atom stereocenters. The van der Waals surface area contributed by atoms with Gasteiger partial charge in [-0.05, 0) is 42.0 Å². The minimum absolute atomic E-state index is 0.140. The molecule has 152 valence electrons. The number of hydrogen-bond acceptors (Lipinski definition) is 4. The summed E-state index contributed by atoms with van der Waals surface area (Å²) in [7, 11) is 1.60. The van der Waals surface area contributed by atoms with Crippen molar-refractivity contribution in [2.24, 2.45) is 7.05 Å². The Labute approximate surface area is 175 Å². The number of imidazole rings is 1. The normalized spacial score (nSPS) is 13.2. The molecule has 0 fully saturated rings. The van der Waals surface area contributed by atoms with Gasteiger partial charge in [0.1, 0.15) is 5.82 Å². The van der Waals surface area contributed by atoms with Gasteiger partial charge in [-0.1, -0.05) is 23.7 Å². The van der Waals surface area contributed by atoms with Crippen molar-refractivity contribution in [3.63, 3.8) is 0 Å². The number of hydrogen-bond donors (Lipinski definition) is 0. The lowest BCUT2D eigenvalue weighted by Gasteiger charge is -2.15. The highest BCUT2D eigenvalue weighted by atomic mass is 35.5. The van der Waals surface area contributed by atoms with Gasteiger partial charge in [0.15, 0.2) is 11.2 Å². The van der Waals surface area contributed by atoms with Crippen molar-refractivity contribution in [1.82, 2.24) is 18.7 Å². The van der Waals surface area contributed by atoms with Gasteiger partial charge in [0.05, 0.1) is 6.54 Å². The number of anilines is 2. The summed E-state index contributed by atoms with van der Waals surface area (Å²) in [4.78, 5) is 32.7. The van der Waals surface area contributed by atoms with E-state index in [2.05, 4.69) is 4.98 Å².